The van der Waals surface area contributed by atoms with Crippen LogP contribution in [-0.2, 0) is 11.4 Å². The molecule has 0 aliphatic carbocycles. The Kier molecular flexibility index (Phi) is 7.76. The molecule has 25 heavy (non-hydrogen) atoms. The van der Waals surface area contributed by atoms with E-state index in [2.05, 4.69) is 10.6 Å². The van der Waals surface area contributed by atoms with Gasteiger partial charge in [0, 0.05) is 17.7 Å². The first kappa shape index (κ1) is 19.3. The van der Waals surface area contributed by atoms with Gasteiger partial charge in [-0.25, -0.2) is 0 Å². The van der Waals surface area contributed by atoms with E-state index in [1.807, 2.05) is 54.6 Å². The number of anilines is 1. The molecular weight excluding hydrogens is 336 g/mol. The van der Waals surface area contributed by atoms with Crippen molar-refractivity contribution < 1.29 is 9.53 Å². The summed E-state index contributed by atoms with van der Waals surface area (Å²) in [6, 6.07) is 17.5. The van der Waals surface area contributed by atoms with Crippen molar-refractivity contribution in [2.45, 2.75) is 25.9 Å². The van der Waals surface area contributed by atoms with Crippen molar-refractivity contribution in [2.75, 3.05) is 18.4 Å². The largest absolute Gasteiger partial charge is 0.489 e. The van der Waals surface area contributed by atoms with Crippen LogP contribution in [0.2, 0.25) is 0 Å². The summed E-state index contributed by atoms with van der Waals surface area (Å²) in [7, 11) is 0. The second-order valence-corrected chi connectivity index (χ2v) is 6.20. The third-order valence-corrected chi connectivity index (χ3v) is 4.37. The number of hydrogen-bond acceptors (Lipinski definition) is 3. The Morgan fingerprint density at radius 2 is 1.88 bits per heavy atom. The summed E-state index contributed by atoms with van der Waals surface area (Å²) in [4.78, 5) is 12.2. The number of para-hydroxylation sites is 2. The van der Waals surface area contributed by atoms with E-state index >= 15 is 0 Å². The molecule has 1 amide bonds. The fourth-order valence-corrected chi connectivity index (χ4v) is 2.95. The molecule has 2 N–H and O–H groups in total. The van der Waals surface area contributed by atoms with Gasteiger partial charge in [-0.15, -0.1) is 12.4 Å². The van der Waals surface area contributed by atoms with E-state index in [4.69, 9.17) is 4.74 Å². The third kappa shape index (κ3) is 6.07. The summed E-state index contributed by atoms with van der Waals surface area (Å²) < 4.78 is 5.80. The van der Waals surface area contributed by atoms with E-state index in [1.165, 1.54) is 6.42 Å². The van der Waals surface area contributed by atoms with Gasteiger partial charge in [-0.2, -0.15) is 0 Å². The lowest BCUT2D eigenvalue weighted by atomic mass is 10.0. The number of carbonyl (C=O) groups excluding carboxylic acids is 1. The highest BCUT2D eigenvalue weighted by atomic mass is 35.5. The number of rotatable bonds is 7. The molecule has 2 aromatic carbocycles. The highest BCUT2D eigenvalue weighted by Gasteiger charge is 2.16. The summed E-state index contributed by atoms with van der Waals surface area (Å²) >= 11 is 0. The molecule has 0 aromatic heterocycles. The predicted molar refractivity (Wildman–Crippen MR) is 103 cm³/mol. The maximum atomic E-state index is 12.2. The molecule has 1 unspecified atom stereocenters. The van der Waals surface area contributed by atoms with Crippen LogP contribution in [0.4, 0.5) is 5.69 Å². The topological polar surface area (TPSA) is 50.4 Å². The van der Waals surface area contributed by atoms with Crippen LogP contribution in [0.3, 0.4) is 0 Å². The van der Waals surface area contributed by atoms with Gasteiger partial charge in [-0.05, 0) is 50.0 Å². The molecule has 2 aromatic rings. The molecule has 1 aliphatic rings. The first-order valence-corrected chi connectivity index (χ1v) is 8.57. The number of halogens is 1. The van der Waals surface area contributed by atoms with Crippen LogP contribution in [0, 0.1) is 5.92 Å². The second kappa shape index (κ2) is 10.1. The zero-order chi connectivity index (χ0) is 16.6. The van der Waals surface area contributed by atoms with Gasteiger partial charge in [0.15, 0.2) is 0 Å². The Balaban J connectivity index is 0.00000225. The highest BCUT2D eigenvalue weighted by molar-refractivity contribution is 5.91. The quantitative estimate of drug-likeness (QED) is 0.784. The minimum absolute atomic E-state index is 0. The molecule has 3 rings (SSSR count). The monoisotopic (exact) mass is 360 g/mol. The zero-order valence-corrected chi connectivity index (χ0v) is 15.1. The lowest BCUT2D eigenvalue weighted by Crippen LogP contribution is -2.16. The Morgan fingerprint density at radius 1 is 1.12 bits per heavy atom. The van der Waals surface area contributed by atoms with Gasteiger partial charge in [0.1, 0.15) is 12.4 Å². The van der Waals surface area contributed by atoms with Gasteiger partial charge in [-0.1, -0.05) is 36.4 Å². The van der Waals surface area contributed by atoms with Crippen molar-refractivity contribution in [1.82, 2.24) is 5.32 Å². The van der Waals surface area contributed by atoms with E-state index in [9.17, 15) is 4.79 Å². The van der Waals surface area contributed by atoms with Gasteiger partial charge < -0.3 is 15.4 Å². The summed E-state index contributed by atoms with van der Waals surface area (Å²) in [6.07, 6.45) is 2.69. The van der Waals surface area contributed by atoms with Crippen molar-refractivity contribution in [1.29, 1.82) is 0 Å². The van der Waals surface area contributed by atoms with E-state index in [1.54, 1.807) is 0 Å². The van der Waals surface area contributed by atoms with E-state index < -0.39 is 0 Å². The van der Waals surface area contributed by atoms with Crippen molar-refractivity contribution in [3.63, 3.8) is 0 Å². The minimum Gasteiger partial charge on any atom is -0.489 e. The number of carbonyl (C=O) groups is 1. The summed E-state index contributed by atoms with van der Waals surface area (Å²) in [6.45, 7) is 2.55. The molecule has 4 nitrogen and oxygen atoms in total. The van der Waals surface area contributed by atoms with Crippen LogP contribution in [0.25, 0.3) is 0 Å². The highest BCUT2D eigenvalue weighted by Crippen LogP contribution is 2.20. The summed E-state index contributed by atoms with van der Waals surface area (Å²) in [5.74, 6) is 1.54. The minimum atomic E-state index is 0. The SMILES string of the molecule is Cl.O=C(CCC1CCNC1)Nc1ccccc1COc1ccccc1. The van der Waals surface area contributed by atoms with Crippen molar-refractivity contribution >= 4 is 24.0 Å². The Hall–Kier alpha value is -2.04. The molecule has 1 atom stereocenters. The number of benzene rings is 2. The summed E-state index contributed by atoms with van der Waals surface area (Å²) in [5.41, 5.74) is 1.82. The van der Waals surface area contributed by atoms with E-state index in [0.29, 0.717) is 18.9 Å². The molecule has 134 valence electrons. The normalized spacial score (nSPS) is 16.1. The second-order valence-electron chi connectivity index (χ2n) is 6.20. The molecule has 0 saturated carbocycles. The van der Waals surface area contributed by atoms with Crippen LogP contribution < -0.4 is 15.4 Å². The lowest BCUT2D eigenvalue weighted by molar-refractivity contribution is -0.116. The Bertz CT molecular complexity index is 658. The Morgan fingerprint density at radius 3 is 2.64 bits per heavy atom. The van der Waals surface area contributed by atoms with Crippen molar-refractivity contribution in [3.8, 4) is 5.75 Å². The third-order valence-electron chi connectivity index (χ3n) is 4.37. The van der Waals surface area contributed by atoms with E-state index in [-0.39, 0.29) is 18.3 Å². The number of amides is 1. The molecule has 0 spiro atoms. The van der Waals surface area contributed by atoms with Gasteiger partial charge in [0.05, 0.1) is 0 Å². The first-order valence-electron chi connectivity index (χ1n) is 8.57. The predicted octanol–water partition coefficient (Wildman–Crippen LogP) is 4.02. The standard InChI is InChI=1S/C20H24N2O2.ClH/c23-20(11-10-16-12-13-21-14-16)22-19-9-5-4-6-17(19)15-24-18-7-2-1-3-8-18;/h1-9,16,21H,10-15H2,(H,22,23);1H. The van der Waals surface area contributed by atoms with Crippen molar-refractivity contribution in [2.24, 2.45) is 5.92 Å². The van der Waals surface area contributed by atoms with Gasteiger partial charge in [0.2, 0.25) is 5.91 Å². The zero-order valence-electron chi connectivity index (χ0n) is 14.2. The average molecular weight is 361 g/mol. The van der Waals surface area contributed by atoms with Crippen LogP contribution in [0.1, 0.15) is 24.8 Å². The van der Waals surface area contributed by atoms with Gasteiger partial charge in [-0.3, -0.25) is 4.79 Å². The Labute approximate surface area is 155 Å². The van der Waals surface area contributed by atoms with E-state index in [0.717, 1.165) is 36.5 Å². The maximum absolute atomic E-state index is 12.2. The van der Waals surface area contributed by atoms with Gasteiger partial charge >= 0.3 is 0 Å². The number of hydrogen-bond donors (Lipinski definition) is 2. The molecule has 0 radical (unpaired) electrons. The number of ether oxygens (including phenoxy) is 1. The smallest absolute Gasteiger partial charge is 0.224 e. The molecule has 1 fully saturated rings. The number of nitrogens with one attached hydrogen (secondary N) is 2. The molecule has 1 heterocycles. The van der Waals surface area contributed by atoms with Crippen LogP contribution >= 0.6 is 12.4 Å². The van der Waals surface area contributed by atoms with Crippen LogP contribution in [0.5, 0.6) is 5.75 Å². The van der Waals surface area contributed by atoms with Crippen LogP contribution in [-0.4, -0.2) is 19.0 Å². The molecule has 5 heteroatoms. The fraction of sp³-hybridized carbons (Fsp3) is 0.350. The van der Waals surface area contributed by atoms with Gasteiger partial charge in [0.25, 0.3) is 0 Å². The fourth-order valence-electron chi connectivity index (χ4n) is 2.95. The maximum Gasteiger partial charge on any atom is 0.224 e. The lowest BCUT2D eigenvalue weighted by Gasteiger charge is -2.13. The van der Waals surface area contributed by atoms with Crippen molar-refractivity contribution in [3.05, 3.63) is 60.2 Å². The summed E-state index contributed by atoms with van der Waals surface area (Å²) in [5, 5.41) is 6.37. The average Bonchev–Trinajstić information content (AvgIpc) is 3.14. The van der Waals surface area contributed by atoms with Crippen LogP contribution in [0.15, 0.2) is 54.6 Å². The molecule has 0 bridgehead atoms. The first-order chi connectivity index (χ1) is 11.8. The molecular formula is C20H25ClN2O2. The molecule has 1 saturated heterocycles. The molecule has 1 aliphatic heterocycles.